The van der Waals surface area contributed by atoms with Crippen LogP contribution in [0.5, 0.6) is 0 Å². The van der Waals surface area contributed by atoms with Crippen LogP contribution < -0.4 is 10.2 Å². The van der Waals surface area contributed by atoms with Crippen molar-refractivity contribution in [3.05, 3.63) is 89.4 Å². The molecule has 2 aromatic heterocycles. The van der Waals surface area contributed by atoms with Gasteiger partial charge in [-0.3, -0.25) is 9.59 Å². The second kappa shape index (κ2) is 8.52. The fourth-order valence-electron chi connectivity index (χ4n) is 3.81. The number of para-hydroxylation sites is 1. The van der Waals surface area contributed by atoms with Crippen LogP contribution in [-0.4, -0.2) is 42.3 Å². The van der Waals surface area contributed by atoms with E-state index in [1.165, 1.54) is 6.92 Å². The number of amides is 1. The lowest BCUT2D eigenvalue weighted by molar-refractivity contribution is 0.0948. The summed E-state index contributed by atoms with van der Waals surface area (Å²) in [5.41, 5.74) is 5.31. The van der Waals surface area contributed by atoms with Gasteiger partial charge in [-0.25, -0.2) is 0 Å². The number of benzene rings is 2. The van der Waals surface area contributed by atoms with Crippen LogP contribution in [0, 0.1) is 0 Å². The van der Waals surface area contributed by atoms with Crippen molar-refractivity contribution in [1.82, 2.24) is 15.3 Å². The Kier molecular flexibility index (Phi) is 5.62. The molecule has 0 aliphatic carbocycles. The number of H-pyrrole nitrogens is 2. The van der Waals surface area contributed by atoms with Crippen molar-refractivity contribution in [2.75, 3.05) is 25.5 Å². The molecule has 2 aromatic carbocycles. The lowest BCUT2D eigenvalue weighted by Crippen LogP contribution is -2.29. The van der Waals surface area contributed by atoms with Crippen LogP contribution >= 0.6 is 0 Å². The molecule has 0 saturated heterocycles. The Balaban J connectivity index is 1.63. The summed E-state index contributed by atoms with van der Waals surface area (Å²) in [5, 5.41) is 4.17. The molecular formula is C25H26N4O2. The maximum absolute atomic E-state index is 12.7. The van der Waals surface area contributed by atoms with Crippen LogP contribution in [0.4, 0.5) is 5.69 Å². The van der Waals surface area contributed by atoms with Gasteiger partial charge in [0.15, 0.2) is 5.78 Å². The van der Waals surface area contributed by atoms with Crippen LogP contribution in [0.25, 0.3) is 10.9 Å². The number of carbonyl (C=O) groups is 2. The Labute approximate surface area is 181 Å². The molecule has 0 bridgehead atoms. The number of rotatable bonds is 7. The molecular weight excluding hydrogens is 388 g/mol. The van der Waals surface area contributed by atoms with Gasteiger partial charge in [-0.1, -0.05) is 30.3 Å². The minimum atomic E-state index is -0.234. The second-order valence-corrected chi connectivity index (χ2v) is 7.90. The highest BCUT2D eigenvalue weighted by atomic mass is 16.2. The summed E-state index contributed by atoms with van der Waals surface area (Å²) in [6.07, 6.45) is 3.58. The molecule has 6 heteroatoms. The highest BCUT2D eigenvalue weighted by Gasteiger charge is 2.20. The van der Waals surface area contributed by atoms with Crippen molar-refractivity contribution >= 4 is 28.3 Å². The normalized spacial score (nSPS) is 12.0. The summed E-state index contributed by atoms with van der Waals surface area (Å²) in [4.78, 5) is 32.5. The molecule has 0 fully saturated rings. The quantitative estimate of drug-likeness (QED) is 0.394. The van der Waals surface area contributed by atoms with Gasteiger partial charge in [0.05, 0.1) is 0 Å². The van der Waals surface area contributed by atoms with E-state index in [1.807, 2.05) is 38.5 Å². The third-order valence-corrected chi connectivity index (χ3v) is 5.61. The zero-order valence-electron chi connectivity index (χ0n) is 17.9. The monoisotopic (exact) mass is 414 g/mol. The Hall–Kier alpha value is -3.80. The lowest BCUT2D eigenvalue weighted by atomic mass is 9.90. The van der Waals surface area contributed by atoms with E-state index in [-0.39, 0.29) is 17.6 Å². The molecule has 0 saturated carbocycles. The molecule has 0 spiro atoms. The number of fused-ring (bicyclic) bond motifs is 1. The van der Waals surface area contributed by atoms with Gasteiger partial charge in [-0.05, 0) is 42.3 Å². The first kappa shape index (κ1) is 20.5. The van der Waals surface area contributed by atoms with E-state index < -0.39 is 0 Å². The van der Waals surface area contributed by atoms with Gasteiger partial charge in [0.2, 0.25) is 0 Å². The highest BCUT2D eigenvalue weighted by molar-refractivity contribution is 5.99. The summed E-state index contributed by atoms with van der Waals surface area (Å²) in [6.45, 7) is 1.91. The lowest BCUT2D eigenvalue weighted by Gasteiger charge is -2.20. The smallest absolute Gasteiger partial charge is 0.267 e. The molecule has 6 nitrogen and oxygen atoms in total. The SMILES string of the molecule is CC(=O)c1c[nH]c(C(=O)NCC(c2ccc(N(C)C)cc2)c2c[nH]c3ccccc23)c1. The summed E-state index contributed by atoms with van der Waals surface area (Å²) < 4.78 is 0. The van der Waals surface area contributed by atoms with Crippen molar-refractivity contribution in [3.8, 4) is 0 Å². The first-order valence-corrected chi connectivity index (χ1v) is 10.2. The van der Waals surface area contributed by atoms with E-state index in [2.05, 4.69) is 50.5 Å². The average molecular weight is 415 g/mol. The molecule has 158 valence electrons. The molecule has 0 radical (unpaired) electrons. The van der Waals surface area contributed by atoms with E-state index in [0.29, 0.717) is 17.8 Å². The fraction of sp³-hybridized carbons (Fsp3) is 0.200. The predicted octanol–water partition coefficient (Wildman–Crippen LogP) is 4.33. The standard InChI is InChI=1S/C25H26N4O2/c1-16(30)18-12-24(26-13-18)25(31)28-14-21(17-8-10-19(11-9-17)29(2)3)22-15-27-23-7-5-4-6-20(22)23/h4-13,15,21,26-27H,14H2,1-3H3,(H,28,31). The number of carbonyl (C=O) groups excluding carboxylic acids is 2. The molecule has 2 heterocycles. The van der Waals surface area contributed by atoms with E-state index in [0.717, 1.165) is 27.7 Å². The number of anilines is 1. The Bertz CT molecular complexity index is 1220. The molecule has 1 unspecified atom stereocenters. The minimum absolute atomic E-state index is 0.0291. The highest BCUT2D eigenvalue weighted by Crippen LogP contribution is 2.31. The Morgan fingerprint density at radius 2 is 1.74 bits per heavy atom. The third-order valence-electron chi connectivity index (χ3n) is 5.61. The van der Waals surface area contributed by atoms with Crippen molar-refractivity contribution in [3.63, 3.8) is 0 Å². The number of Topliss-reactive ketones (excluding diaryl/α,β-unsaturated/α-hetero) is 1. The van der Waals surface area contributed by atoms with Crippen LogP contribution in [0.1, 0.15) is 44.8 Å². The largest absolute Gasteiger partial charge is 0.378 e. The molecule has 4 rings (SSSR count). The number of hydrogen-bond donors (Lipinski definition) is 3. The Morgan fingerprint density at radius 1 is 1.00 bits per heavy atom. The van der Waals surface area contributed by atoms with Gasteiger partial charge in [0, 0.05) is 61.1 Å². The van der Waals surface area contributed by atoms with Gasteiger partial charge in [-0.15, -0.1) is 0 Å². The number of ketones is 1. The molecule has 4 aromatic rings. The van der Waals surface area contributed by atoms with Crippen molar-refractivity contribution in [2.45, 2.75) is 12.8 Å². The summed E-state index contributed by atoms with van der Waals surface area (Å²) in [7, 11) is 4.02. The predicted molar refractivity (Wildman–Crippen MR) is 124 cm³/mol. The molecule has 0 aliphatic heterocycles. The number of aromatic amines is 2. The fourth-order valence-corrected chi connectivity index (χ4v) is 3.81. The average Bonchev–Trinajstić information content (AvgIpc) is 3.42. The molecule has 1 atom stereocenters. The first-order valence-electron chi connectivity index (χ1n) is 10.2. The maximum atomic E-state index is 12.7. The van der Waals surface area contributed by atoms with Crippen molar-refractivity contribution in [2.24, 2.45) is 0 Å². The summed E-state index contributed by atoms with van der Waals surface area (Å²) in [6, 6.07) is 18.1. The number of nitrogens with zero attached hydrogens (tertiary/aromatic N) is 1. The third kappa shape index (κ3) is 4.23. The second-order valence-electron chi connectivity index (χ2n) is 7.90. The zero-order chi connectivity index (χ0) is 22.0. The van der Waals surface area contributed by atoms with Crippen LogP contribution in [0.3, 0.4) is 0 Å². The van der Waals surface area contributed by atoms with Gasteiger partial charge in [0.25, 0.3) is 5.91 Å². The molecule has 0 aliphatic rings. The van der Waals surface area contributed by atoms with Crippen molar-refractivity contribution in [1.29, 1.82) is 0 Å². The Morgan fingerprint density at radius 3 is 2.42 bits per heavy atom. The van der Waals surface area contributed by atoms with Gasteiger partial charge < -0.3 is 20.2 Å². The van der Waals surface area contributed by atoms with E-state index in [9.17, 15) is 9.59 Å². The molecule has 1 amide bonds. The van der Waals surface area contributed by atoms with Gasteiger partial charge in [-0.2, -0.15) is 0 Å². The number of nitrogens with one attached hydrogen (secondary N) is 3. The molecule has 3 N–H and O–H groups in total. The van der Waals surface area contributed by atoms with Crippen LogP contribution in [-0.2, 0) is 0 Å². The van der Waals surface area contributed by atoms with Crippen LogP contribution in [0.2, 0.25) is 0 Å². The van der Waals surface area contributed by atoms with Gasteiger partial charge >= 0.3 is 0 Å². The van der Waals surface area contributed by atoms with E-state index >= 15 is 0 Å². The topological polar surface area (TPSA) is 81.0 Å². The van der Waals surface area contributed by atoms with Crippen molar-refractivity contribution < 1.29 is 9.59 Å². The van der Waals surface area contributed by atoms with E-state index in [1.54, 1.807) is 12.3 Å². The first-order chi connectivity index (χ1) is 14.9. The maximum Gasteiger partial charge on any atom is 0.267 e. The minimum Gasteiger partial charge on any atom is -0.378 e. The zero-order valence-corrected chi connectivity index (χ0v) is 17.9. The number of aromatic nitrogens is 2. The summed E-state index contributed by atoms with van der Waals surface area (Å²) >= 11 is 0. The number of hydrogen-bond acceptors (Lipinski definition) is 3. The molecule has 31 heavy (non-hydrogen) atoms. The summed E-state index contributed by atoms with van der Waals surface area (Å²) in [5.74, 6) is -0.339. The van der Waals surface area contributed by atoms with Gasteiger partial charge in [0.1, 0.15) is 5.69 Å². The van der Waals surface area contributed by atoms with Crippen LogP contribution in [0.15, 0.2) is 67.0 Å². The van der Waals surface area contributed by atoms with E-state index in [4.69, 9.17) is 0 Å².